The van der Waals surface area contributed by atoms with E-state index in [1.54, 1.807) is 0 Å². The monoisotopic (exact) mass is 276 g/mol. The van der Waals surface area contributed by atoms with Gasteiger partial charge in [0.15, 0.2) is 0 Å². The van der Waals surface area contributed by atoms with Crippen molar-refractivity contribution in [1.82, 2.24) is 10.6 Å². The Morgan fingerprint density at radius 1 is 1.30 bits per heavy atom. The molecule has 1 aliphatic heterocycles. The minimum absolute atomic E-state index is 0.0111. The van der Waals surface area contributed by atoms with Gasteiger partial charge < -0.3 is 15.4 Å². The molecule has 1 aromatic rings. The van der Waals surface area contributed by atoms with Gasteiger partial charge in [-0.2, -0.15) is 0 Å². The third-order valence-electron chi connectivity index (χ3n) is 3.56. The zero-order valence-electron chi connectivity index (χ0n) is 12.2. The summed E-state index contributed by atoms with van der Waals surface area (Å²) >= 11 is 0. The van der Waals surface area contributed by atoms with E-state index in [1.807, 2.05) is 24.3 Å². The van der Waals surface area contributed by atoms with E-state index in [9.17, 15) is 4.79 Å². The number of carbonyl (C=O) groups is 1. The Kier molecular flexibility index (Phi) is 5.87. The molecule has 20 heavy (non-hydrogen) atoms. The molecule has 110 valence electrons. The lowest BCUT2D eigenvalue weighted by Crippen LogP contribution is -2.42. The molecule has 0 aromatic heterocycles. The molecule has 2 N–H and O–H groups in total. The molecule has 4 heteroatoms. The van der Waals surface area contributed by atoms with Crippen molar-refractivity contribution in [3.05, 3.63) is 29.8 Å². The predicted molar refractivity (Wildman–Crippen MR) is 80.2 cm³/mol. The fourth-order valence-electron chi connectivity index (χ4n) is 2.27. The number of hydrogen-bond donors (Lipinski definition) is 2. The molecule has 1 aliphatic rings. The largest absolute Gasteiger partial charge is 0.494 e. The quantitative estimate of drug-likeness (QED) is 0.784. The van der Waals surface area contributed by atoms with Crippen LogP contribution in [0.1, 0.15) is 43.0 Å². The Hall–Kier alpha value is -1.55. The molecule has 0 unspecified atom stereocenters. The number of benzene rings is 1. The van der Waals surface area contributed by atoms with E-state index in [0.717, 1.165) is 51.1 Å². The molecule has 1 amide bonds. The Balaban J connectivity index is 1.83. The van der Waals surface area contributed by atoms with Gasteiger partial charge in [-0.15, -0.1) is 0 Å². The highest BCUT2D eigenvalue weighted by Gasteiger charge is 2.16. The van der Waals surface area contributed by atoms with Gasteiger partial charge in [-0.05, 0) is 56.6 Å². The maximum atomic E-state index is 12.1. The molecule has 1 fully saturated rings. The molecule has 1 saturated heterocycles. The minimum Gasteiger partial charge on any atom is -0.494 e. The second kappa shape index (κ2) is 7.90. The molecule has 0 atom stereocenters. The van der Waals surface area contributed by atoms with E-state index in [4.69, 9.17) is 4.74 Å². The van der Waals surface area contributed by atoms with Gasteiger partial charge in [0.05, 0.1) is 6.61 Å². The van der Waals surface area contributed by atoms with Crippen LogP contribution in [0.25, 0.3) is 0 Å². The summed E-state index contributed by atoms with van der Waals surface area (Å²) in [5.74, 6) is 0.842. The van der Waals surface area contributed by atoms with E-state index in [-0.39, 0.29) is 5.91 Å². The van der Waals surface area contributed by atoms with Crippen LogP contribution < -0.4 is 15.4 Å². The lowest BCUT2D eigenvalue weighted by molar-refractivity contribution is 0.0929. The Morgan fingerprint density at radius 3 is 2.65 bits per heavy atom. The minimum atomic E-state index is 0.0111. The topological polar surface area (TPSA) is 50.4 Å². The van der Waals surface area contributed by atoms with Crippen LogP contribution in [0.3, 0.4) is 0 Å². The summed E-state index contributed by atoms with van der Waals surface area (Å²) in [6.07, 6.45) is 4.18. The number of unbranched alkanes of at least 4 members (excludes halogenated alkanes) is 1. The first kappa shape index (κ1) is 14.9. The number of amides is 1. The van der Waals surface area contributed by atoms with E-state index in [0.29, 0.717) is 11.6 Å². The van der Waals surface area contributed by atoms with Crippen LogP contribution in [0, 0.1) is 0 Å². The van der Waals surface area contributed by atoms with Gasteiger partial charge in [0.2, 0.25) is 0 Å². The van der Waals surface area contributed by atoms with Gasteiger partial charge in [0.1, 0.15) is 5.75 Å². The molecule has 4 nitrogen and oxygen atoms in total. The summed E-state index contributed by atoms with van der Waals surface area (Å²) in [6.45, 7) is 4.83. The van der Waals surface area contributed by atoms with Crippen molar-refractivity contribution in [2.75, 3.05) is 19.7 Å². The second-order valence-corrected chi connectivity index (χ2v) is 5.22. The van der Waals surface area contributed by atoms with Gasteiger partial charge in [-0.1, -0.05) is 13.3 Å². The average molecular weight is 276 g/mol. The van der Waals surface area contributed by atoms with Gasteiger partial charge in [0, 0.05) is 11.6 Å². The first-order valence-electron chi connectivity index (χ1n) is 7.54. The molecule has 0 radical (unpaired) electrons. The molecule has 0 bridgehead atoms. The summed E-state index contributed by atoms with van der Waals surface area (Å²) in [5.41, 5.74) is 0.700. The molecule has 0 spiro atoms. The molecule has 1 aromatic carbocycles. The zero-order valence-corrected chi connectivity index (χ0v) is 12.2. The van der Waals surface area contributed by atoms with Crippen molar-refractivity contribution in [2.45, 2.75) is 38.6 Å². The predicted octanol–water partition coefficient (Wildman–Crippen LogP) is 2.35. The number of hydrogen-bond acceptors (Lipinski definition) is 3. The van der Waals surface area contributed by atoms with Crippen molar-refractivity contribution < 1.29 is 9.53 Å². The van der Waals surface area contributed by atoms with Gasteiger partial charge in [-0.3, -0.25) is 4.79 Å². The molecule has 0 saturated carbocycles. The number of rotatable bonds is 6. The summed E-state index contributed by atoms with van der Waals surface area (Å²) in [4.78, 5) is 12.1. The normalized spacial score (nSPS) is 15.8. The van der Waals surface area contributed by atoms with E-state index in [2.05, 4.69) is 17.6 Å². The van der Waals surface area contributed by atoms with Crippen LogP contribution in [-0.2, 0) is 0 Å². The standard InChI is InChI=1S/C16H24N2O2/c1-2-3-12-20-15-6-4-13(5-7-15)16(19)18-14-8-10-17-11-9-14/h4-7,14,17H,2-3,8-12H2,1H3,(H,18,19). The molecule has 1 heterocycles. The molecule has 0 aliphatic carbocycles. The second-order valence-electron chi connectivity index (χ2n) is 5.22. The van der Waals surface area contributed by atoms with Gasteiger partial charge >= 0.3 is 0 Å². The van der Waals surface area contributed by atoms with Crippen LogP contribution in [0.5, 0.6) is 5.75 Å². The first-order chi connectivity index (χ1) is 9.79. The summed E-state index contributed by atoms with van der Waals surface area (Å²) in [7, 11) is 0. The van der Waals surface area contributed by atoms with Crippen LogP contribution in [-0.4, -0.2) is 31.6 Å². The summed E-state index contributed by atoms with van der Waals surface area (Å²) in [6, 6.07) is 7.69. The van der Waals surface area contributed by atoms with Crippen molar-refractivity contribution in [1.29, 1.82) is 0 Å². The van der Waals surface area contributed by atoms with Crippen LogP contribution >= 0.6 is 0 Å². The van der Waals surface area contributed by atoms with Gasteiger partial charge in [-0.25, -0.2) is 0 Å². The maximum Gasteiger partial charge on any atom is 0.251 e. The highest BCUT2D eigenvalue weighted by Crippen LogP contribution is 2.13. The van der Waals surface area contributed by atoms with Crippen molar-refractivity contribution in [3.8, 4) is 5.75 Å². The van der Waals surface area contributed by atoms with E-state index < -0.39 is 0 Å². The third-order valence-corrected chi connectivity index (χ3v) is 3.56. The number of piperidine rings is 1. The first-order valence-corrected chi connectivity index (χ1v) is 7.54. The van der Waals surface area contributed by atoms with Crippen LogP contribution in [0.2, 0.25) is 0 Å². The van der Waals surface area contributed by atoms with Crippen LogP contribution in [0.15, 0.2) is 24.3 Å². The highest BCUT2D eigenvalue weighted by atomic mass is 16.5. The summed E-state index contributed by atoms with van der Waals surface area (Å²) in [5, 5.41) is 6.38. The fourth-order valence-corrected chi connectivity index (χ4v) is 2.27. The van der Waals surface area contributed by atoms with E-state index >= 15 is 0 Å². The lowest BCUT2D eigenvalue weighted by atomic mass is 10.1. The zero-order chi connectivity index (χ0) is 14.2. The maximum absolute atomic E-state index is 12.1. The van der Waals surface area contributed by atoms with Gasteiger partial charge in [0.25, 0.3) is 5.91 Å². The Morgan fingerprint density at radius 2 is 2.00 bits per heavy atom. The SMILES string of the molecule is CCCCOc1ccc(C(=O)NC2CCNCC2)cc1. The van der Waals surface area contributed by atoms with Crippen molar-refractivity contribution in [2.24, 2.45) is 0 Å². The summed E-state index contributed by atoms with van der Waals surface area (Å²) < 4.78 is 5.59. The number of nitrogens with one attached hydrogen (secondary N) is 2. The molecule has 2 rings (SSSR count). The molecular formula is C16H24N2O2. The number of ether oxygens (including phenoxy) is 1. The fraction of sp³-hybridized carbons (Fsp3) is 0.562. The van der Waals surface area contributed by atoms with Crippen molar-refractivity contribution >= 4 is 5.91 Å². The lowest BCUT2D eigenvalue weighted by Gasteiger charge is -2.23. The highest BCUT2D eigenvalue weighted by molar-refractivity contribution is 5.94. The van der Waals surface area contributed by atoms with Crippen molar-refractivity contribution in [3.63, 3.8) is 0 Å². The molecular weight excluding hydrogens is 252 g/mol. The third kappa shape index (κ3) is 4.53. The Labute approximate surface area is 120 Å². The smallest absolute Gasteiger partial charge is 0.251 e. The number of carbonyl (C=O) groups excluding carboxylic acids is 1. The van der Waals surface area contributed by atoms with E-state index in [1.165, 1.54) is 0 Å². The average Bonchev–Trinajstić information content (AvgIpc) is 2.49. The Bertz CT molecular complexity index is 411. The van der Waals surface area contributed by atoms with Crippen LogP contribution in [0.4, 0.5) is 0 Å².